The van der Waals surface area contributed by atoms with Gasteiger partial charge in [0, 0.05) is 37.1 Å². The number of hydrogen-bond acceptors (Lipinski definition) is 6. The van der Waals surface area contributed by atoms with E-state index in [0.29, 0.717) is 42.6 Å². The van der Waals surface area contributed by atoms with Crippen LogP contribution in [0, 0.1) is 0 Å². The number of unbranched alkanes of at least 4 members (excludes halogenated alkanes) is 3. The van der Waals surface area contributed by atoms with Crippen LogP contribution in [0.25, 0.3) is 0 Å². The number of sulfonamides is 1. The van der Waals surface area contributed by atoms with Gasteiger partial charge in [-0.1, -0.05) is 85.7 Å². The molecule has 238 valence electrons. The lowest BCUT2D eigenvalue weighted by Crippen LogP contribution is -2.33. The number of rotatable bonds is 16. The second-order valence-corrected chi connectivity index (χ2v) is 13.0. The summed E-state index contributed by atoms with van der Waals surface area (Å²) in [5.74, 6) is -1.05. The molecular weight excluding hydrogens is 590 g/mol. The fraction of sp³-hybridized carbons (Fsp3) is 0.343. The number of hydrogen-bond donors (Lipinski definition) is 3. The zero-order valence-electron chi connectivity index (χ0n) is 25.3. The van der Waals surface area contributed by atoms with Crippen molar-refractivity contribution in [2.75, 3.05) is 11.9 Å². The van der Waals surface area contributed by atoms with E-state index in [-0.39, 0.29) is 30.0 Å². The summed E-state index contributed by atoms with van der Waals surface area (Å²) in [6.07, 6.45) is 7.81. The molecule has 0 bridgehead atoms. The molecule has 1 fully saturated rings. The zero-order valence-corrected chi connectivity index (χ0v) is 26.1. The molecule has 0 unspecified atom stereocenters. The molecule has 3 aromatic carbocycles. The van der Waals surface area contributed by atoms with Crippen molar-refractivity contribution in [3.63, 3.8) is 0 Å². The summed E-state index contributed by atoms with van der Waals surface area (Å²) in [6.45, 7) is 0.609. The van der Waals surface area contributed by atoms with Gasteiger partial charge in [0.1, 0.15) is 0 Å². The van der Waals surface area contributed by atoms with Crippen LogP contribution in [-0.4, -0.2) is 54.8 Å². The summed E-state index contributed by atoms with van der Waals surface area (Å²) in [4.78, 5) is 38.9. The first-order chi connectivity index (χ1) is 21.7. The fourth-order valence-electron chi connectivity index (χ4n) is 5.30. The van der Waals surface area contributed by atoms with E-state index in [0.717, 1.165) is 31.2 Å². The topological polar surface area (TPSA) is 133 Å². The fourth-order valence-corrected chi connectivity index (χ4v) is 6.46. The molecule has 3 aromatic rings. The Labute approximate surface area is 265 Å². The summed E-state index contributed by atoms with van der Waals surface area (Å²) in [7, 11) is -3.87. The molecule has 3 amide bonds. The smallest absolute Gasteiger partial charge is 0.255 e. The summed E-state index contributed by atoms with van der Waals surface area (Å²) >= 11 is 0. The number of anilines is 1. The van der Waals surface area contributed by atoms with Gasteiger partial charge in [-0.05, 0) is 54.7 Å². The SMILES string of the molecule is O=C(CCCCCCN1C(=O)CC[C@@H]1/C=C/[C@@H](O)Cc1ccccc1)NS(=O)(=O)Cc1ccc(NC(=O)c2ccccc2)cc1. The van der Waals surface area contributed by atoms with Crippen molar-refractivity contribution in [3.8, 4) is 0 Å². The van der Waals surface area contributed by atoms with Gasteiger partial charge < -0.3 is 15.3 Å². The number of nitrogens with one attached hydrogen (secondary N) is 2. The van der Waals surface area contributed by atoms with Crippen molar-refractivity contribution in [3.05, 3.63) is 114 Å². The van der Waals surface area contributed by atoms with Crippen molar-refractivity contribution in [2.45, 2.75) is 69.3 Å². The van der Waals surface area contributed by atoms with Crippen LogP contribution >= 0.6 is 0 Å². The molecule has 2 atom stereocenters. The molecule has 1 aliphatic heterocycles. The highest BCUT2D eigenvalue weighted by Crippen LogP contribution is 2.21. The minimum atomic E-state index is -3.87. The van der Waals surface area contributed by atoms with E-state index >= 15 is 0 Å². The molecule has 0 radical (unpaired) electrons. The molecule has 1 heterocycles. The number of carbonyl (C=O) groups excluding carboxylic acids is 3. The van der Waals surface area contributed by atoms with E-state index in [9.17, 15) is 27.9 Å². The van der Waals surface area contributed by atoms with Crippen molar-refractivity contribution in [1.82, 2.24) is 9.62 Å². The summed E-state index contributed by atoms with van der Waals surface area (Å²) < 4.78 is 27.2. The molecule has 9 nitrogen and oxygen atoms in total. The lowest BCUT2D eigenvalue weighted by atomic mass is 10.1. The molecular formula is C35H41N3O6S. The highest BCUT2D eigenvalue weighted by Gasteiger charge is 2.28. The first kappa shape index (κ1) is 33.6. The Balaban J connectivity index is 1.11. The van der Waals surface area contributed by atoms with E-state index in [1.807, 2.05) is 47.4 Å². The Morgan fingerprint density at radius 3 is 2.27 bits per heavy atom. The van der Waals surface area contributed by atoms with Crippen LogP contribution in [0.4, 0.5) is 5.69 Å². The first-order valence-electron chi connectivity index (χ1n) is 15.4. The van der Waals surface area contributed by atoms with Crippen molar-refractivity contribution in [2.24, 2.45) is 0 Å². The molecule has 4 rings (SSSR count). The number of aliphatic hydroxyl groups is 1. The highest BCUT2D eigenvalue weighted by molar-refractivity contribution is 7.89. The molecule has 45 heavy (non-hydrogen) atoms. The third-order valence-corrected chi connectivity index (χ3v) is 8.90. The van der Waals surface area contributed by atoms with Crippen LogP contribution in [0.1, 0.15) is 66.4 Å². The number of aliphatic hydroxyl groups excluding tert-OH is 1. The molecule has 1 saturated heterocycles. The van der Waals surface area contributed by atoms with Crippen LogP contribution in [0.15, 0.2) is 97.1 Å². The lowest BCUT2D eigenvalue weighted by molar-refractivity contribution is -0.128. The van der Waals surface area contributed by atoms with E-state index in [4.69, 9.17) is 0 Å². The van der Waals surface area contributed by atoms with Gasteiger partial charge in [-0.3, -0.25) is 19.1 Å². The van der Waals surface area contributed by atoms with E-state index in [1.54, 1.807) is 54.6 Å². The predicted molar refractivity (Wildman–Crippen MR) is 175 cm³/mol. The van der Waals surface area contributed by atoms with Crippen LogP contribution in [0.3, 0.4) is 0 Å². The van der Waals surface area contributed by atoms with Crippen LogP contribution in [0.5, 0.6) is 0 Å². The maximum atomic E-state index is 12.5. The third kappa shape index (κ3) is 11.3. The third-order valence-electron chi connectivity index (χ3n) is 7.64. The Bertz CT molecular complexity index is 1540. The van der Waals surface area contributed by atoms with Gasteiger partial charge in [-0.15, -0.1) is 0 Å². The second kappa shape index (κ2) is 16.7. The first-order valence-corrected chi connectivity index (χ1v) is 17.0. The van der Waals surface area contributed by atoms with Crippen molar-refractivity contribution in [1.29, 1.82) is 0 Å². The lowest BCUT2D eigenvalue weighted by Gasteiger charge is -2.22. The minimum absolute atomic E-state index is 0.0249. The number of benzene rings is 3. The number of carbonyl (C=O) groups is 3. The summed E-state index contributed by atoms with van der Waals surface area (Å²) in [6, 6.07) is 25.0. The van der Waals surface area contributed by atoms with E-state index < -0.39 is 22.0 Å². The predicted octanol–water partition coefficient (Wildman–Crippen LogP) is 4.99. The molecule has 0 saturated carbocycles. The van der Waals surface area contributed by atoms with Crippen LogP contribution in [0.2, 0.25) is 0 Å². The Morgan fingerprint density at radius 1 is 0.889 bits per heavy atom. The van der Waals surface area contributed by atoms with Gasteiger partial charge in [0.2, 0.25) is 21.8 Å². The van der Waals surface area contributed by atoms with Gasteiger partial charge in [0.25, 0.3) is 5.91 Å². The Hall–Kier alpha value is -4.28. The van der Waals surface area contributed by atoms with Gasteiger partial charge in [0.15, 0.2) is 0 Å². The molecule has 10 heteroatoms. The zero-order chi connectivity index (χ0) is 32.1. The van der Waals surface area contributed by atoms with Gasteiger partial charge in [-0.25, -0.2) is 8.42 Å². The Morgan fingerprint density at radius 2 is 1.56 bits per heavy atom. The summed E-state index contributed by atoms with van der Waals surface area (Å²) in [5, 5.41) is 13.1. The molecule has 0 spiro atoms. The number of likely N-dealkylation sites (tertiary alicyclic amines) is 1. The van der Waals surface area contributed by atoms with Crippen molar-refractivity contribution >= 4 is 33.4 Å². The number of amides is 3. The van der Waals surface area contributed by atoms with Crippen LogP contribution in [-0.2, 0) is 31.8 Å². The normalized spacial score (nSPS) is 15.7. The molecule has 1 aliphatic rings. The second-order valence-electron chi connectivity index (χ2n) is 11.3. The maximum Gasteiger partial charge on any atom is 0.255 e. The van der Waals surface area contributed by atoms with Gasteiger partial charge >= 0.3 is 0 Å². The average molecular weight is 632 g/mol. The van der Waals surface area contributed by atoms with Gasteiger partial charge in [-0.2, -0.15) is 0 Å². The standard InChI is InChI=1S/C35H41N3O6S/c39-32(25-27-11-5-3-6-12-27)22-20-31-21-23-34(41)38(31)24-10-2-1-9-15-33(40)37-45(43,44)26-28-16-18-30(19-17-28)36-35(42)29-13-7-4-8-14-29/h3-8,11-14,16-20,22,31-32,39H,1-2,9-10,15,21,23-26H2,(H,36,42)(H,37,40)/b22-20+/t31-,32+/m0/s1. The Kier molecular flexibility index (Phi) is 12.5. The van der Waals surface area contributed by atoms with Crippen LogP contribution < -0.4 is 10.0 Å². The minimum Gasteiger partial charge on any atom is -0.389 e. The molecule has 0 aromatic heterocycles. The van der Waals surface area contributed by atoms with E-state index in [2.05, 4.69) is 10.0 Å². The highest BCUT2D eigenvalue weighted by atomic mass is 32.2. The summed E-state index contributed by atoms with van der Waals surface area (Å²) in [5.41, 5.74) is 2.59. The van der Waals surface area contributed by atoms with E-state index in [1.165, 1.54) is 0 Å². The molecule has 0 aliphatic carbocycles. The van der Waals surface area contributed by atoms with Gasteiger partial charge in [0.05, 0.1) is 17.9 Å². The largest absolute Gasteiger partial charge is 0.389 e. The van der Waals surface area contributed by atoms with Crippen molar-refractivity contribution < 1.29 is 27.9 Å². The monoisotopic (exact) mass is 631 g/mol. The number of nitrogens with zero attached hydrogens (tertiary/aromatic N) is 1. The average Bonchev–Trinajstić information content (AvgIpc) is 3.38. The quantitative estimate of drug-likeness (QED) is 0.151. The molecule has 3 N–H and O–H groups in total. The maximum absolute atomic E-state index is 12.5.